The fourth-order valence-electron chi connectivity index (χ4n) is 5.35. The third-order valence-electron chi connectivity index (χ3n) is 6.61. The summed E-state index contributed by atoms with van der Waals surface area (Å²) >= 11 is 1.78. The van der Waals surface area contributed by atoms with Crippen LogP contribution in [0.25, 0.3) is 10.4 Å². The number of pyridine rings is 1. The van der Waals surface area contributed by atoms with Gasteiger partial charge in [0.1, 0.15) is 0 Å². The molecule has 3 aliphatic rings. The average Bonchev–Trinajstić information content (AvgIpc) is 3.17. The zero-order valence-corrected chi connectivity index (χ0v) is 16.3. The lowest BCUT2D eigenvalue weighted by Gasteiger charge is -2.47. The van der Waals surface area contributed by atoms with E-state index in [1.807, 2.05) is 0 Å². The fraction of sp³-hybridized carbons (Fsp3) is 0.571. The number of thiophene rings is 1. The van der Waals surface area contributed by atoms with Crippen LogP contribution in [-0.4, -0.2) is 53.6 Å². The molecule has 0 saturated carbocycles. The minimum absolute atomic E-state index is 0.183. The van der Waals surface area contributed by atoms with Crippen LogP contribution in [0.4, 0.5) is 0 Å². The summed E-state index contributed by atoms with van der Waals surface area (Å²) < 4.78 is 2.10. The van der Waals surface area contributed by atoms with Crippen molar-refractivity contribution in [1.82, 2.24) is 14.4 Å². The van der Waals surface area contributed by atoms with E-state index in [0.717, 1.165) is 19.1 Å². The van der Waals surface area contributed by atoms with Gasteiger partial charge in [0, 0.05) is 53.8 Å². The summed E-state index contributed by atoms with van der Waals surface area (Å²) in [4.78, 5) is 19.1. The smallest absolute Gasteiger partial charge is 0.250 e. The average molecular weight is 370 g/mol. The van der Waals surface area contributed by atoms with E-state index in [1.165, 1.54) is 55.0 Å². The Labute approximate surface area is 159 Å². The van der Waals surface area contributed by atoms with Crippen molar-refractivity contribution >= 4 is 11.3 Å². The summed E-state index contributed by atoms with van der Waals surface area (Å²) in [6.45, 7) is 5.61. The summed E-state index contributed by atoms with van der Waals surface area (Å²) in [6.07, 6.45) is 3.82. The third-order valence-corrected chi connectivity index (χ3v) is 7.51. The van der Waals surface area contributed by atoms with Crippen molar-refractivity contribution in [3.63, 3.8) is 0 Å². The van der Waals surface area contributed by atoms with E-state index in [-0.39, 0.29) is 5.56 Å². The van der Waals surface area contributed by atoms with Gasteiger partial charge in [-0.25, -0.2) is 0 Å². The van der Waals surface area contributed by atoms with Crippen LogP contribution in [-0.2, 0) is 6.54 Å². The second-order valence-electron chi connectivity index (χ2n) is 8.35. The van der Waals surface area contributed by atoms with E-state index in [1.54, 1.807) is 17.4 Å². The maximum absolute atomic E-state index is 12.6. The van der Waals surface area contributed by atoms with Gasteiger partial charge in [-0.2, -0.15) is 0 Å². The van der Waals surface area contributed by atoms with E-state index in [2.05, 4.69) is 45.0 Å². The maximum Gasteiger partial charge on any atom is 0.250 e. The highest BCUT2D eigenvalue weighted by atomic mass is 32.1. The predicted octanol–water partition coefficient (Wildman–Crippen LogP) is 3.09. The lowest BCUT2D eigenvalue weighted by molar-refractivity contribution is 0.0519. The van der Waals surface area contributed by atoms with E-state index in [4.69, 9.17) is 0 Å². The van der Waals surface area contributed by atoms with Gasteiger partial charge < -0.3 is 9.47 Å². The zero-order valence-electron chi connectivity index (χ0n) is 15.4. The first-order valence-electron chi connectivity index (χ1n) is 9.89. The molecule has 0 aromatic carbocycles. The number of nitrogens with zero attached hydrogens (tertiary/aromatic N) is 3. The van der Waals surface area contributed by atoms with Crippen LogP contribution in [0.15, 0.2) is 34.4 Å². The Kier molecular flexibility index (Phi) is 4.26. The molecule has 5 heterocycles. The van der Waals surface area contributed by atoms with Crippen molar-refractivity contribution in [1.29, 1.82) is 0 Å². The molecule has 0 unspecified atom stereocenters. The molecule has 2 atom stereocenters. The summed E-state index contributed by atoms with van der Waals surface area (Å²) in [7, 11) is 2.23. The van der Waals surface area contributed by atoms with Gasteiger partial charge in [0.25, 0.3) is 5.56 Å². The molecule has 3 aliphatic heterocycles. The second kappa shape index (κ2) is 6.63. The van der Waals surface area contributed by atoms with Crippen LogP contribution in [0.3, 0.4) is 0 Å². The van der Waals surface area contributed by atoms with Gasteiger partial charge in [-0.1, -0.05) is 6.07 Å². The molecule has 0 spiro atoms. The van der Waals surface area contributed by atoms with Crippen LogP contribution < -0.4 is 5.56 Å². The molecule has 138 valence electrons. The van der Waals surface area contributed by atoms with E-state index < -0.39 is 0 Å². The highest BCUT2D eigenvalue weighted by Gasteiger charge is 2.38. The van der Waals surface area contributed by atoms with E-state index >= 15 is 0 Å². The molecular formula is C21H27N3OS. The third kappa shape index (κ3) is 2.86. The summed E-state index contributed by atoms with van der Waals surface area (Å²) in [6, 6.07) is 8.86. The molecule has 2 fully saturated rings. The molecule has 2 saturated heterocycles. The van der Waals surface area contributed by atoms with Gasteiger partial charge >= 0.3 is 0 Å². The van der Waals surface area contributed by atoms with Crippen LogP contribution >= 0.6 is 11.3 Å². The molecule has 5 rings (SSSR count). The molecular weight excluding hydrogens is 342 g/mol. The standard InChI is InChI=1S/C21H27N3OS/c1-22-8-6-17(7-9-22)23-12-15-11-16(14-23)21-18(19-3-2-10-26-19)4-5-20(25)24(21)13-15/h2-5,10,15-17H,6-9,11-14H2,1H3/t15-,16-/m1/s1. The number of fused-ring (bicyclic) bond motifs is 4. The summed E-state index contributed by atoms with van der Waals surface area (Å²) in [5.74, 6) is 1.12. The molecule has 2 aromatic rings. The van der Waals surface area contributed by atoms with Gasteiger partial charge in [-0.05, 0) is 62.8 Å². The first-order valence-corrected chi connectivity index (χ1v) is 10.8. The lowest BCUT2D eigenvalue weighted by atomic mass is 9.80. The lowest BCUT2D eigenvalue weighted by Crippen LogP contribution is -2.53. The SMILES string of the molecule is CN1CCC(N2C[C@H]3C[C@H](C2)c2c(-c4cccs4)ccc(=O)n2C3)CC1. The molecule has 26 heavy (non-hydrogen) atoms. The van der Waals surface area contributed by atoms with Crippen molar-refractivity contribution in [2.75, 3.05) is 33.2 Å². The number of rotatable bonds is 2. The molecule has 2 aromatic heterocycles. The highest BCUT2D eigenvalue weighted by Crippen LogP contribution is 2.41. The van der Waals surface area contributed by atoms with Gasteiger partial charge in [0.05, 0.1) is 0 Å². The van der Waals surface area contributed by atoms with E-state index in [0.29, 0.717) is 11.8 Å². The topological polar surface area (TPSA) is 28.5 Å². The molecule has 0 radical (unpaired) electrons. The Morgan fingerprint density at radius 3 is 2.69 bits per heavy atom. The van der Waals surface area contributed by atoms with Crippen LogP contribution in [0.5, 0.6) is 0 Å². The number of likely N-dealkylation sites (tertiary alicyclic amines) is 2. The first-order chi connectivity index (χ1) is 12.7. The maximum atomic E-state index is 12.6. The van der Waals surface area contributed by atoms with Gasteiger partial charge in [-0.3, -0.25) is 9.69 Å². The molecule has 0 amide bonds. The molecule has 4 nitrogen and oxygen atoms in total. The first kappa shape index (κ1) is 16.7. The zero-order chi connectivity index (χ0) is 17.7. The van der Waals surface area contributed by atoms with E-state index in [9.17, 15) is 4.79 Å². The van der Waals surface area contributed by atoms with Crippen LogP contribution in [0.1, 0.15) is 30.9 Å². The Hall–Kier alpha value is -1.43. The Bertz CT molecular complexity index is 835. The van der Waals surface area contributed by atoms with Crippen molar-refractivity contribution in [3.05, 3.63) is 45.7 Å². The van der Waals surface area contributed by atoms with Crippen molar-refractivity contribution in [2.24, 2.45) is 5.92 Å². The summed E-state index contributed by atoms with van der Waals surface area (Å²) in [5.41, 5.74) is 2.77. The van der Waals surface area contributed by atoms with Gasteiger partial charge in [0.2, 0.25) is 0 Å². The Morgan fingerprint density at radius 2 is 1.92 bits per heavy atom. The monoisotopic (exact) mass is 369 g/mol. The minimum atomic E-state index is 0.183. The minimum Gasteiger partial charge on any atom is -0.311 e. The highest BCUT2D eigenvalue weighted by molar-refractivity contribution is 7.13. The van der Waals surface area contributed by atoms with Crippen molar-refractivity contribution < 1.29 is 0 Å². The molecule has 0 aliphatic carbocycles. The molecule has 5 heteroatoms. The number of aromatic nitrogens is 1. The number of hydrogen-bond donors (Lipinski definition) is 0. The van der Waals surface area contributed by atoms with Crippen molar-refractivity contribution in [3.8, 4) is 10.4 Å². The fourth-order valence-corrected chi connectivity index (χ4v) is 6.11. The van der Waals surface area contributed by atoms with Crippen molar-refractivity contribution in [2.45, 2.75) is 37.8 Å². The number of hydrogen-bond acceptors (Lipinski definition) is 4. The predicted molar refractivity (Wildman–Crippen MR) is 107 cm³/mol. The molecule has 2 bridgehead atoms. The van der Waals surface area contributed by atoms with Gasteiger partial charge in [-0.15, -0.1) is 11.3 Å². The Balaban J connectivity index is 1.49. The quantitative estimate of drug-likeness (QED) is 0.814. The normalized spacial score (nSPS) is 27.4. The number of piperidine rings is 2. The second-order valence-corrected chi connectivity index (χ2v) is 9.29. The Morgan fingerprint density at radius 1 is 1.08 bits per heavy atom. The molecule has 0 N–H and O–H groups in total. The van der Waals surface area contributed by atoms with Crippen LogP contribution in [0, 0.1) is 5.92 Å². The van der Waals surface area contributed by atoms with Gasteiger partial charge in [0.15, 0.2) is 0 Å². The summed E-state index contributed by atoms with van der Waals surface area (Å²) in [5, 5.41) is 2.13. The van der Waals surface area contributed by atoms with Crippen LogP contribution in [0.2, 0.25) is 0 Å². The largest absolute Gasteiger partial charge is 0.311 e.